The maximum atomic E-state index is 12.5. The molecule has 0 bridgehead atoms. The zero-order valence-corrected chi connectivity index (χ0v) is 15.0. The Morgan fingerprint density at radius 1 is 1.33 bits per heavy atom. The van der Waals surface area contributed by atoms with Gasteiger partial charge in [0.25, 0.3) is 0 Å². The van der Waals surface area contributed by atoms with Crippen LogP contribution in [0.15, 0.2) is 29.2 Å². The van der Waals surface area contributed by atoms with E-state index in [1.807, 2.05) is 0 Å². The van der Waals surface area contributed by atoms with E-state index in [0.717, 1.165) is 0 Å². The third kappa shape index (κ3) is 5.10. The normalized spacial score (nSPS) is 17.4. The van der Waals surface area contributed by atoms with E-state index in [-0.39, 0.29) is 4.90 Å². The maximum Gasteiger partial charge on any atom is 0.316 e. The molecule has 24 heavy (non-hydrogen) atoms. The number of nitrogens with zero attached hydrogens (tertiary/aromatic N) is 1. The van der Waals surface area contributed by atoms with Crippen molar-refractivity contribution in [2.24, 2.45) is 0 Å². The highest BCUT2D eigenvalue weighted by atomic mass is 32.2. The minimum atomic E-state index is -3.50. The molecular weight excluding hydrogens is 354 g/mol. The first-order valence-corrected chi connectivity index (χ1v) is 10.1. The highest BCUT2D eigenvalue weighted by Gasteiger charge is 2.26. The van der Waals surface area contributed by atoms with E-state index in [4.69, 9.17) is 14.6 Å². The van der Waals surface area contributed by atoms with E-state index in [1.54, 1.807) is 19.1 Å². The van der Waals surface area contributed by atoms with Gasteiger partial charge in [-0.05, 0) is 31.2 Å². The first-order chi connectivity index (χ1) is 11.4. The van der Waals surface area contributed by atoms with Gasteiger partial charge in [0.05, 0.1) is 30.0 Å². The summed E-state index contributed by atoms with van der Waals surface area (Å²) in [4.78, 5) is 10.9. The Bertz CT molecular complexity index is 640. The van der Waals surface area contributed by atoms with Crippen molar-refractivity contribution in [2.45, 2.75) is 17.1 Å². The first-order valence-electron chi connectivity index (χ1n) is 7.56. The van der Waals surface area contributed by atoms with Crippen LogP contribution in [0.2, 0.25) is 0 Å². The molecule has 1 aromatic carbocycles. The summed E-state index contributed by atoms with van der Waals surface area (Å²) in [5, 5.41) is 8.31. The van der Waals surface area contributed by atoms with Crippen LogP contribution < -0.4 is 4.74 Å². The van der Waals surface area contributed by atoms with Gasteiger partial charge in [0, 0.05) is 18.8 Å². The molecule has 7 nitrogen and oxygen atoms in total. The second-order valence-electron chi connectivity index (χ2n) is 5.19. The third-order valence-corrected chi connectivity index (χ3v) is 6.52. The van der Waals surface area contributed by atoms with Crippen LogP contribution >= 0.6 is 11.8 Å². The minimum absolute atomic E-state index is 0.227. The van der Waals surface area contributed by atoms with Gasteiger partial charge in [-0.25, -0.2) is 8.42 Å². The van der Waals surface area contributed by atoms with E-state index >= 15 is 0 Å². The van der Waals surface area contributed by atoms with Crippen molar-refractivity contribution in [1.82, 2.24) is 4.31 Å². The number of morpholine rings is 1. The summed E-state index contributed by atoms with van der Waals surface area (Å²) in [7, 11) is -3.50. The molecule has 1 aliphatic rings. The molecule has 2 rings (SSSR count). The number of aliphatic carboxylic acids is 1. The van der Waals surface area contributed by atoms with Crippen molar-refractivity contribution >= 4 is 27.8 Å². The molecule has 1 atom stereocenters. The number of thioether (sulfide) groups is 1. The monoisotopic (exact) mass is 375 g/mol. The summed E-state index contributed by atoms with van der Waals surface area (Å²) in [6.07, 6.45) is 0. The third-order valence-electron chi connectivity index (χ3n) is 3.50. The number of carboxylic acid groups (broad SMARTS) is 1. The molecule has 0 spiro atoms. The van der Waals surface area contributed by atoms with Crippen LogP contribution in [-0.2, 0) is 19.6 Å². The zero-order chi connectivity index (χ0) is 17.6. The standard InChI is InChI=1S/C15H21NO6S2/c1-12(15(17)18)23-11-10-22-13-2-4-14(5-3-13)24(19,20)16-6-8-21-9-7-16/h2-5,12H,6-11H2,1H3,(H,17,18)/t12-/m1/s1. The molecule has 0 saturated carbocycles. The molecule has 1 aliphatic heterocycles. The molecule has 0 radical (unpaired) electrons. The van der Waals surface area contributed by atoms with E-state index in [9.17, 15) is 13.2 Å². The maximum absolute atomic E-state index is 12.5. The zero-order valence-electron chi connectivity index (χ0n) is 13.4. The van der Waals surface area contributed by atoms with Crippen LogP contribution in [0, 0.1) is 0 Å². The van der Waals surface area contributed by atoms with Gasteiger partial charge >= 0.3 is 5.97 Å². The van der Waals surface area contributed by atoms with Crippen molar-refractivity contribution in [3.05, 3.63) is 24.3 Å². The fraction of sp³-hybridized carbons (Fsp3) is 0.533. The van der Waals surface area contributed by atoms with Crippen LogP contribution in [0.3, 0.4) is 0 Å². The van der Waals surface area contributed by atoms with E-state index in [2.05, 4.69) is 0 Å². The van der Waals surface area contributed by atoms with Gasteiger partial charge < -0.3 is 14.6 Å². The lowest BCUT2D eigenvalue weighted by molar-refractivity contribution is -0.136. The van der Waals surface area contributed by atoms with Gasteiger partial charge in [0.1, 0.15) is 5.75 Å². The minimum Gasteiger partial charge on any atom is -0.493 e. The molecule has 134 valence electrons. The van der Waals surface area contributed by atoms with Crippen molar-refractivity contribution < 1.29 is 27.8 Å². The smallest absolute Gasteiger partial charge is 0.316 e. The Labute approximate surface area is 146 Å². The predicted molar refractivity (Wildman–Crippen MR) is 91.1 cm³/mol. The van der Waals surface area contributed by atoms with Crippen molar-refractivity contribution in [3.8, 4) is 5.75 Å². The summed E-state index contributed by atoms with van der Waals surface area (Å²) >= 11 is 1.29. The van der Waals surface area contributed by atoms with Crippen LogP contribution in [0.1, 0.15) is 6.92 Å². The molecule has 1 fully saturated rings. The van der Waals surface area contributed by atoms with E-state index in [1.165, 1.54) is 28.2 Å². The lowest BCUT2D eigenvalue weighted by Crippen LogP contribution is -2.40. The summed E-state index contributed by atoms with van der Waals surface area (Å²) in [5.74, 6) is 0.249. The molecule has 0 amide bonds. The number of rotatable bonds is 8. The molecule has 9 heteroatoms. The molecule has 1 N–H and O–H groups in total. The van der Waals surface area contributed by atoms with E-state index < -0.39 is 21.2 Å². The molecule has 1 saturated heterocycles. The lowest BCUT2D eigenvalue weighted by atomic mass is 10.3. The second kappa shape index (κ2) is 8.70. The molecule has 0 aromatic heterocycles. The van der Waals surface area contributed by atoms with Crippen molar-refractivity contribution in [3.63, 3.8) is 0 Å². The Morgan fingerprint density at radius 3 is 2.54 bits per heavy atom. The number of carboxylic acids is 1. The average molecular weight is 375 g/mol. The number of carbonyl (C=O) groups is 1. The van der Waals surface area contributed by atoms with Crippen molar-refractivity contribution in [1.29, 1.82) is 0 Å². The Balaban J connectivity index is 1.87. The summed E-state index contributed by atoms with van der Waals surface area (Å²) in [6.45, 7) is 3.52. The van der Waals surface area contributed by atoms with Gasteiger partial charge in [0.2, 0.25) is 10.0 Å². The Morgan fingerprint density at radius 2 is 1.96 bits per heavy atom. The summed E-state index contributed by atoms with van der Waals surface area (Å²) in [5.41, 5.74) is 0. The fourth-order valence-corrected chi connectivity index (χ4v) is 4.18. The quantitative estimate of drug-likeness (QED) is 0.684. The predicted octanol–water partition coefficient (Wildman–Crippen LogP) is 1.29. The molecule has 0 unspecified atom stereocenters. The summed E-state index contributed by atoms with van der Waals surface area (Å²) < 4.78 is 37.0. The summed E-state index contributed by atoms with van der Waals surface area (Å²) in [6, 6.07) is 6.26. The average Bonchev–Trinajstić information content (AvgIpc) is 2.59. The van der Waals surface area contributed by atoms with Crippen LogP contribution in [-0.4, -0.2) is 67.7 Å². The SMILES string of the molecule is C[C@@H](SCCOc1ccc(S(=O)(=O)N2CCOCC2)cc1)C(=O)O. The topological polar surface area (TPSA) is 93.1 Å². The highest BCUT2D eigenvalue weighted by Crippen LogP contribution is 2.21. The molecule has 1 heterocycles. The Kier molecular flexibility index (Phi) is 6.90. The van der Waals surface area contributed by atoms with Gasteiger partial charge in [-0.15, -0.1) is 11.8 Å². The Hall–Kier alpha value is -1.29. The van der Waals surface area contributed by atoms with Gasteiger partial charge in [-0.3, -0.25) is 4.79 Å². The number of benzene rings is 1. The number of sulfonamides is 1. The van der Waals surface area contributed by atoms with E-state index in [0.29, 0.717) is 44.4 Å². The van der Waals surface area contributed by atoms with Crippen LogP contribution in [0.4, 0.5) is 0 Å². The number of hydrogen-bond acceptors (Lipinski definition) is 6. The fourth-order valence-electron chi connectivity index (χ4n) is 2.10. The number of ether oxygens (including phenoxy) is 2. The molecular formula is C15H21NO6S2. The number of hydrogen-bond donors (Lipinski definition) is 1. The van der Waals surface area contributed by atoms with Gasteiger partial charge in [-0.1, -0.05) is 0 Å². The van der Waals surface area contributed by atoms with Crippen LogP contribution in [0.5, 0.6) is 5.75 Å². The first kappa shape index (κ1) is 19.0. The highest BCUT2D eigenvalue weighted by molar-refractivity contribution is 8.00. The lowest BCUT2D eigenvalue weighted by Gasteiger charge is -2.26. The van der Waals surface area contributed by atoms with Gasteiger partial charge in [-0.2, -0.15) is 4.31 Å². The molecule has 0 aliphatic carbocycles. The van der Waals surface area contributed by atoms with Crippen LogP contribution in [0.25, 0.3) is 0 Å². The molecule has 1 aromatic rings. The largest absolute Gasteiger partial charge is 0.493 e. The van der Waals surface area contributed by atoms with Gasteiger partial charge in [0.15, 0.2) is 0 Å². The van der Waals surface area contributed by atoms with Crippen molar-refractivity contribution in [2.75, 3.05) is 38.7 Å². The second-order valence-corrected chi connectivity index (χ2v) is 8.57.